The Morgan fingerprint density at radius 1 is 1.11 bits per heavy atom. The van der Waals surface area contributed by atoms with Crippen molar-refractivity contribution in [2.45, 2.75) is 6.54 Å². The highest BCUT2D eigenvalue weighted by Gasteiger charge is 2.21. The van der Waals surface area contributed by atoms with Crippen LogP contribution >= 0.6 is 24.0 Å². The van der Waals surface area contributed by atoms with Crippen LogP contribution in [0.3, 0.4) is 0 Å². The van der Waals surface area contributed by atoms with Crippen LogP contribution in [0.1, 0.15) is 5.56 Å². The van der Waals surface area contributed by atoms with Crippen molar-refractivity contribution in [1.29, 1.82) is 0 Å². The number of piperazine rings is 1. The van der Waals surface area contributed by atoms with E-state index in [1.807, 2.05) is 37.4 Å². The van der Waals surface area contributed by atoms with Gasteiger partial charge in [-0.25, -0.2) is 4.98 Å². The molecule has 2 aromatic rings. The van der Waals surface area contributed by atoms with E-state index in [0.29, 0.717) is 12.4 Å². The predicted molar refractivity (Wildman–Crippen MR) is 123 cm³/mol. The van der Waals surface area contributed by atoms with Gasteiger partial charge in [-0.05, 0) is 23.8 Å². The van der Waals surface area contributed by atoms with Crippen LogP contribution in [0.4, 0.5) is 5.69 Å². The zero-order chi connectivity index (χ0) is 19.1. The first kappa shape index (κ1) is 22.1. The molecule has 7 nitrogen and oxygen atoms in total. The minimum atomic E-state index is 0. The number of anilines is 1. The third-order valence-electron chi connectivity index (χ3n) is 4.68. The molecule has 0 amide bonds. The van der Waals surface area contributed by atoms with Crippen LogP contribution in [0.25, 0.3) is 0 Å². The SMILES string of the molecule is CN=C(NCc1ccnc(OC)c1)N1CCN(c2ccccc2OC)CC1.I. The van der Waals surface area contributed by atoms with Gasteiger partial charge in [-0.2, -0.15) is 0 Å². The second-order valence-corrected chi connectivity index (χ2v) is 6.25. The number of para-hydroxylation sites is 2. The molecular weight excluding hydrogens is 469 g/mol. The number of aromatic nitrogens is 1. The summed E-state index contributed by atoms with van der Waals surface area (Å²) in [6.45, 7) is 4.32. The minimum absolute atomic E-state index is 0. The summed E-state index contributed by atoms with van der Waals surface area (Å²) < 4.78 is 10.7. The Kier molecular flexibility index (Phi) is 8.62. The average molecular weight is 497 g/mol. The number of halogens is 1. The van der Waals surface area contributed by atoms with E-state index in [1.165, 1.54) is 0 Å². The van der Waals surface area contributed by atoms with Gasteiger partial charge < -0.3 is 24.6 Å². The number of hydrogen-bond acceptors (Lipinski definition) is 5. The molecule has 0 saturated carbocycles. The lowest BCUT2D eigenvalue weighted by molar-refractivity contribution is 0.367. The lowest BCUT2D eigenvalue weighted by atomic mass is 10.2. The molecule has 0 atom stereocenters. The molecule has 1 aliphatic heterocycles. The zero-order valence-corrected chi connectivity index (χ0v) is 18.9. The molecule has 1 fully saturated rings. The number of guanidine groups is 1. The summed E-state index contributed by atoms with van der Waals surface area (Å²) in [6, 6.07) is 12.1. The Hall–Kier alpha value is -2.23. The maximum Gasteiger partial charge on any atom is 0.213 e. The van der Waals surface area contributed by atoms with Gasteiger partial charge in [0.1, 0.15) is 5.75 Å². The van der Waals surface area contributed by atoms with E-state index in [2.05, 4.69) is 31.2 Å². The third kappa shape index (κ3) is 5.40. The Labute approximate surface area is 183 Å². The van der Waals surface area contributed by atoms with Crippen LogP contribution in [0, 0.1) is 0 Å². The Morgan fingerprint density at radius 3 is 2.54 bits per heavy atom. The highest BCUT2D eigenvalue weighted by molar-refractivity contribution is 14.0. The van der Waals surface area contributed by atoms with Crippen molar-refractivity contribution in [2.24, 2.45) is 4.99 Å². The van der Waals surface area contributed by atoms with Crippen molar-refractivity contribution in [3.05, 3.63) is 48.2 Å². The fraction of sp³-hybridized carbons (Fsp3) is 0.400. The van der Waals surface area contributed by atoms with Gasteiger partial charge in [0.15, 0.2) is 5.96 Å². The number of benzene rings is 1. The number of ether oxygens (including phenoxy) is 2. The van der Waals surface area contributed by atoms with Crippen LogP contribution in [-0.4, -0.2) is 63.3 Å². The van der Waals surface area contributed by atoms with Crippen LogP contribution in [0.2, 0.25) is 0 Å². The molecule has 1 aromatic carbocycles. The molecule has 152 valence electrons. The number of rotatable bonds is 5. The number of pyridine rings is 1. The molecule has 0 aliphatic carbocycles. The van der Waals surface area contributed by atoms with Gasteiger partial charge in [-0.15, -0.1) is 24.0 Å². The smallest absolute Gasteiger partial charge is 0.213 e. The number of nitrogens with one attached hydrogen (secondary N) is 1. The number of hydrogen-bond donors (Lipinski definition) is 1. The summed E-state index contributed by atoms with van der Waals surface area (Å²) in [4.78, 5) is 13.2. The molecule has 0 radical (unpaired) electrons. The average Bonchev–Trinajstić information content (AvgIpc) is 2.74. The van der Waals surface area contributed by atoms with Crippen LogP contribution in [-0.2, 0) is 6.54 Å². The second-order valence-electron chi connectivity index (χ2n) is 6.25. The first-order valence-corrected chi connectivity index (χ1v) is 9.07. The van der Waals surface area contributed by atoms with Crippen molar-refractivity contribution in [2.75, 3.05) is 52.3 Å². The van der Waals surface area contributed by atoms with E-state index >= 15 is 0 Å². The summed E-state index contributed by atoms with van der Waals surface area (Å²) in [5, 5.41) is 3.43. The predicted octanol–water partition coefficient (Wildman–Crippen LogP) is 2.61. The van der Waals surface area contributed by atoms with E-state index in [1.54, 1.807) is 20.4 Å². The maximum absolute atomic E-state index is 5.49. The van der Waals surface area contributed by atoms with Crippen molar-refractivity contribution < 1.29 is 9.47 Å². The van der Waals surface area contributed by atoms with E-state index < -0.39 is 0 Å². The lowest BCUT2D eigenvalue weighted by Crippen LogP contribution is -2.52. The largest absolute Gasteiger partial charge is 0.495 e. The minimum Gasteiger partial charge on any atom is -0.495 e. The molecule has 0 spiro atoms. The van der Waals surface area contributed by atoms with E-state index in [-0.39, 0.29) is 24.0 Å². The van der Waals surface area contributed by atoms with Crippen molar-refractivity contribution in [1.82, 2.24) is 15.2 Å². The van der Waals surface area contributed by atoms with E-state index in [0.717, 1.165) is 49.1 Å². The van der Waals surface area contributed by atoms with Gasteiger partial charge >= 0.3 is 0 Å². The number of aliphatic imine (C=N–C) groups is 1. The molecule has 1 aliphatic rings. The number of nitrogens with zero attached hydrogens (tertiary/aromatic N) is 4. The van der Waals surface area contributed by atoms with Crippen LogP contribution in [0.15, 0.2) is 47.6 Å². The maximum atomic E-state index is 5.49. The van der Waals surface area contributed by atoms with Gasteiger partial charge in [0.25, 0.3) is 0 Å². The molecule has 0 bridgehead atoms. The van der Waals surface area contributed by atoms with Crippen molar-refractivity contribution in [3.8, 4) is 11.6 Å². The molecule has 1 saturated heterocycles. The molecular formula is C20H28IN5O2. The molecule has 2 heterocycles. The Bertz CT molecular complexity index is 779. The van der Waals surface area contributed by atoms with E-state index in [4.69, 9.17) is 9.47 Å². The Morgan fingerprint density at radius 2 is 1.86 bits per heavy atom. The summed E-state index contributed by atoms with van der Waals surface area (Å²) in [7, 11) is 5.16. The van der Waals surface area contributed by atoms with Crippen molar-refractivity contribution in [3.63, 3.8) is 0 Å². The fourth-order valence-electron chi connectivity index (χ4n) is 3.24. The van der Waals surface area contributed by atoms with Gasteiger partial charge in [0, 0.05) is 52.0 Å². The monoisotopic (exact) mass is 497 g/mol. The summed E-state index contributed by atoms with van der Waals surface area (Å²) in [5.41, 5.74) is 2.25. The van der Waals surface area contributed by atoms with Crippen LogP contribution < -0.4 is 19.7 Å². The van der Waals surface area contributed by atoms with E-state index in [9.17, 15) is 0 Å². The first-order valence-electron chi connectivity index (χ1n) is 9.07. The normalized spacial score (nSPS) is 14.3. The molecule has 3 rings (SSSR count). The quantitative estimate of drug-likeness (QED) is 0.390. The lowest BCUT2D eigenvalue weighted by Gasteiger charge is -2.38. The summed E-state index contributed by atoms with van der Waals surface area (Å²) in [6.07, 6.45) is 1.75. The third-order valence-corrected chi connectivity index (χ3v) is 4.68. The number of methoxy groups -OCH3 is 2. The first-order chi connectivity index (χ1) is 13.2. The zero-order valence-electron chi connectivity index (χ0n) is 16.6. The summed E-state index contributed by atoms with van der Waals surface area (Å²) in [5.74, 6) is 2.44. The molecule has 28 heavy (non-hydrogen) atoms. The van der Waals surface area contributed by atoms with Crippen LogP contribution in [0.5, 0.6) is 11.6 Å². The highest BCUT2D eigenvalue weighted by atomic mass is 127. The van der Waals surface area contributed by atoms with Gasteiger partial charge in [0.05, 0.1) is 19.9 Å². The molecule has 1 N–H and O–H groups in total. The molecule has 1 aromatic heterocycles. The Balaban J connectivity index is 0.00000280. The van der Waals surface area contributed by atoms with Gasteiger partial charge in [-0.3, -0.25) is 4.99 Å². The van der Waals surface area contributed by atoms with Crippen molar-refractivity contribution >= 4 is 35.6 Å². The second kappa shape index (κ2) is 10.9. The highest BCUT2D eigenvalue weighted by Crippen LogP contribution is 2.28. The van der Waals surface area contributed by atoms with Gasteiger partial charge in [-0.1, -0.05) is 12.1 Å². The standard InChI is InChI=1S/C20H27N5O2.HI/c1-21-20(23-15-16-8-9-22-19(14-16)27-3)25-12-10-24(11-13-25)17-6-4-5-7-18(17)26-2;/h4-9,14H,10-13,15H2,1-3H3,(H,21,23);1H. The van der Waals surface area contributed by atoms with Gasteiger partial charge in [0.2, 0.25) is 5.88 Å². The summed E-state index contributed by atoms with van der Waals surface area (Å²) >= 11 is 0. The fourth-order valence-corrected chi connectivity index (χ4v) is 3.24. The molecule has 8 heteroatoms. The topological polar surface area (TPSA) is 62.2 Å². The molecule has 0 unspecified atom stereocenters.